The molecule has 0 N–H and O–H groups in total. The second-order valence-corrected chi connectivity index (χ2v) is 6.21. The summed E-state index contributed by atoms with van der Waals surface area (Å²) in [4.78, 5) is 14.8. The number of benzene rings is 1. The third kappa shape index (κ3) is 2.59. The Hall–Kier alpha value is -1.35. The van der Waals surface area contributed by atoms with E-state index in [1.807, 2.05) is 37.3 Å². The van der Waals surface area contributed by atoms with E-state index < -0.39 is 0 Å². The molecule has 0 aromatic heterocycles. The quantitative estimate of drug-likeness (QED) is 0.793. The summed E-state index contributed by atoms with van der Waals surface area (Å²) < 4.78 is 5.77. The van der Waals surface area contributed by atoms with Crippen molar-refractivity contribution >= 4 is 5.97 Å². The standard InChI is InChI=1S/C17H23NO2/c1-12(13-6-4-3-5-7-13)17(19)20-16-10-14-8-9-15(11-16)18(14)2/h3-7,12,14-16H,8-11H2,1-2H3/t12-,14-,15+,16?/m0/s1. The van der Waals surface area contributed by atoms with Gasteiger partial charge in [0.25, 0.3) is 0 Å². The molecule has 108 valence electrons. The molecule has 2 bridgehead atoms. The second-order valence-electron chi connectivity index (χ2n) is 6.21. The number of piperidine rings is 1. The average Bonchev–Trinajstić information content (AvgIpc) is 2.69. The summed E-state index contributed by atoms with van der Waals surface area (Å²) >= 11 is 0. The summed E-state index contributed by atoms with van der Waals surface area (Å²) in [6.07, 6.45) is 4.62. The molecule has 3 rings (SSSR count). The summed E-state index contributed by atoms with van der Waals surface area (Å²) in [5.74, 6) is -0.251. The highest BCUT2D eigenvalue weighted by Crippen LogP contribution is 2.36. The average molecular weight is 273 g/mol. The molecule has 2 saturated heterocycles. The van der Waals surface area contributed by atoms with Crippen LogP contribution in [0, 0.1) is 0 Å². The first-order chi connectivity index (χ1) is 9.65. The highest BCUT2D eigenvalue weighted by atomic mass is 16.5. The van der Waals surface area contributed by atoms with E-state index in [1.165, 1.54) is 12.8 Å². The van der Waals surface area contributed by atoms with Gasteiger partial charge in [0.2, 0.25) is 0 Å². The molecule has 1 aromatic rings. The number of carbonyl (C=O) groups is 1. The molecule has 0 radical (unpaired) electrons. The first-order valence-electron chi connectivity index (χ1n) is 7.62. The third-order valence-corrected chi connectivity index (χ3v) is 4.99. The Labute approximate surface area is 120 Å². The molecule has 2 aliphatic rings. The van der Waals surface area contributed by atoms with E-state index in [-0.39, 0.29) is 18.0 Å². The van der Waals surface area contributed by atoms with E-state index in [0.717, 1.165) is 18.4 Å². The third-order valence-electron chi connectivity index (χ3n) is 4.99. The Balaban J connectivity index is 1.60. The van der Waals surface area contributed by atoms with Gasteiger partial charge >= 0.3 is 5.97 Å². The van der Waals surface area contributed by atoms with E-state index in [1.54, 1.807) is 0 Å². The van der Waals surface area contributed by atoms with Crippen molar-refractivity contribution in [2.24, 2.45) is 0 Å². The molecule has 2 heterocycles. The lowest BCUT2D eigenvalue weighted by Crippen LogP contribution is -2.43. The minimum Gasteiger partial charge on any atom is -0.462 e. The van der Waals surface area contributed by atoms with Gasteiger partial charge in [-0.2, -0.15) is 0 Å². The van der Waals surface area contributed by atoms with Crippen LogP contribution < -0.4 is 0 Å². The van der Waals surface area contributed by atoms with Crippen molar-refractivity contribution < 1.29 is 9.53 Å². The van der Waals surface area contributed by atoms with Gasteiger partial charge in [-0.3, -0.25) is 4.79 Å². The molecule has 0 amide bonds. The van der Waals surface area contributed by atoms with Crippen LogP contribution in [0.5, 0.6) is 0 Å². The van der Waals surface area contributed by atoms with Crippen molar-refractivity contribution in [3.05, 3.63) is 35.9 Å². The molecule has 2 fully saturated rings. The van der Waals surface area contributed by atoms with Crippen molar-refractivity contribution in [1.29, 1.82) is 0 Å². The number of ether oxygens (including phenoxy) is 1. The van der Waals surface area contributed by atoms with Gasteiger partial charge in [-0.15, -0.1) is 0 Å². The van der Waals surface area contributed by atoms with Crippen LogP contribution in [0.1, 0.15) is 44.1 Å². The molecule has 3 heteroatoms. The Morgan fingerprint density at radius 2 is 1.80 bits per heavy atom. The van der Waals surface area contributed by atoms with Crippen LogP contribution >= 0.6 is 0 Å². The Morgan fingerprint density at radius 1 is 1.20 bits per heavy atom. The van der Waals surface area contributed by atoms with Crippen LogP contribution in [0.25, 0.3) is 0 Å². The predicted octanol–water partition coefficient (Wildman–Crippen LogP) is 2.96. The molecule has 20 heavy (non-hydrogen) atoms. The zero-order chi connectivity index (χ0) is 14.1. The highest BCUT2D eigenvalue weighted by Gasteiger charge is 2.40. The number of fused-ring (bicyclic) bond motifs is 2. The van der Waals surface area contributed by atoms with Crippen LogP contribution in [-0.4, -0.2) is 36.1 Å². The lowest BCUT2D eigenvalue weighted by Gasteiger charge is -2.36. The normalized spacial score (nSPS) is 31.0. The minimum absolute atomic E-state index is 0.0786. The molecule has 0 saturated carbocycles. The van der Waals surface area contributed by atoms with E-state index in [0.29, 0.717) is 12.1 Å². The smallest absolute Gasteiger partial charge is 0.313 e. The van der Waals surface area contributed by atoms with Crippen LogP contribution in [0.3, 0.4) is 0 Å². The van der Waals surface area contributed by atoms with Gasteiger partial charge in [-0.1, -0.05) is 30.3 Å². The Bertz CT molecular complexity index is 459. The van der Waals surface area contributed by atoms with E-state index in [4.69, 9.17) is 4.74 Å². The predicted molar refractivity (Wildman–Crippen MR) is 78.5 cm³/mol. The van der Waals surface area contributed by atoms with Crippen molar-refractivity contribution in [2.45, 2.75) is 56.7 Å². The number of esters is 1. The summed E-state index contributed by atoms with van der Waals surface area (Å²) in [5.41, 5.74) is 1.04. The van der Waals surface area contributed by atoms with Crippen LogP contribution in [0.4, 0.5) is 0 Å². The van der Waals surface area contributed by atoms with Gasteiger partial charge in [0.15, 0.2) is 0 Å². The maximum atomic E-state index is 12.3. The lowest BCUT2D eigenvalue weighted by molar-refractivity contribution is -0.153. The van der Waals surface area contributed by atoms with Crippen molar-refractivity contribution in [3.63, 3.8) is 0 Å². The maximum absolute atomic E-state index is 12.3. The van der Waals surface area contributed by atoms with Crippen molar-refractivity contribution in [1.82, 2.24) is 4.90 Å². The summed E-state index contributed by atoms with van der Waals surface area (Å²) in [6, 6.07) is 11.1. The molecular formula is C17H23NO2. The van der Waals surface area contributed by atoms with Crippen LogP contribution in [0.2, 0.25) is 0 Å². The fraction of sp³-hybridized carbons (Fsp3) is 0.588. The SMILES string of the molecule is C[C@H](C(=O)OC1C[C@H]2CC[C@@H](C1)N2C)c1ccccc1. The number of carbonyl (C=O) groups excluding carboxylic acids is 1. The molecule has 3 nitrogen and oxygen atoms in total. The fourth-order valence-electron chi connectivity index (χ4n) is 3.60. The van der Waals surface area contributed by atoms with Gasteiger partial charge in [0.05, 0.1) is 5.92 Å². The Kier molecular flexibility index (Phi) is 3.79. The molecule has 0 spiro atoms. The van der Waals surface area contributed by atoms with Crippen LogP contribution in [0.15, 0.2) is 30.3 Å². The van der Waals surface area contributed by atoms with Gasteiger partial charge in [-0.25, -0.2) is 0 Å². The van der Waals surface area contributed by atoms with E-state index >= 15 is 0 Å². The number of rotatable bonds is 3. The first-order valence-corrected chi connectivity index (χ1v) is 7.62. The molecule has 2 aliphatic heterocycles. The van der Waals surface area contributed by atoms with Gasteiger partial charge < -0.3 is 9.64 Å². The molecule has 1 unspecified atom stereocenters. The van der Waals surface area contributed by atoms with Gasteiger partial charge in [0, 0.05) is 12.1 Å². The monoisotopic (exact) mass is 273 g/mol. The van der Waals surface area contributed by atoms with E-state index in [9.17, 15) is 4.79 Å². The largest absolute Gasteiger partial charge is 0.462 e. The lowest BCUT2D eigenvalue weighted by atomic mass is 9.99. The molecule has 1 aromatic carbocycles. The topological polar surface area (TPSA) is 29.5 Å². The zero-order valence-corrected chi connectivity index (χ0v) is 12.3. The maximum Gasteiger partial charge on any atom is 0.313 e. The second kappa shape index (κ2) is 5.57. The number of hydrogen-bond donors (Lipinski definition) is 0. The van der Waals surface area contributed by atoms with Crippen molar-refractivity contribution in [3.8, 4) is 0 Å². The molecular weight excluding hydrogens is 250 g/mol. The zero-order valence-electron chi connectivity index (χ0n) is 12.3. The summed E-state index contributed by atoms with van der Waals surface area (Å²) in [6.45, 7) is 1.93. The van der Waals surface area contributed by atoms with Gasteiger partial charge in [0.1, 0.15) is 6.10 Å². The fourth-order valence-corrected chi connectivity index (χ4v) is 3.60. The van der Waals surface area contributed by atoms with Crippen molar-refractivity contribution in [2.75, 3.05) is 7.05 Å². The summed E-state index contributed by atoms with van der Waals surface area (Å²) in [5, 5.41) is 0. The number of nitrogens with zero attached hydrogens (tertiary/aromatic N) is 1. The first kappa shape index (κ1) is 13.6. The summed E-state index contributed by atoms with van der Waals surface area (Å²) in [7, 11) is 2.20. The van der Waals surface area contributed by atoms with E-state index in [2.05, 4.69) is 11.9 Å². The molecule has 0 aliphatic carbocycles. The molecule has 4 atom stereocenters. The highest BCUT2D eigenvalue weighted by molar-refractivity contribution is 5.77. The number of hydrogen-bond acceptors (Lipinski definition) is 3. The van der Waals surface area contributed by atoms with Gasteiger partial charge in [-0.05, 0) is 45.2 Å². The minimum atomic E-state index is -0.173. The Morgan fingerprint density at radius 3 is 2.40 bits per heavy atom. The van der Waals surface area contributed by atoms with Crippen LogP contribution in [-0.2, 0) is 9.53 Å².